The Kier molecular flexibility index (Phi) is 7.49. The number of hydrogen-bond donors (Lipinski definition) is 2. The largest absolute Gasteiger partial charge is 0.477 e. The van der Waals surface area contributed by atoms with Crippen molar-refractivity contribution in [1.82, 2.24) is 4.98 Å². The Labute approximate surface area is 166 Å². The van der Waals surface area contributed by atoms with Gasteiger partial charge in [-0.05, 0) is 48.4 Å². The second kappa shape index (κ2) is 9.60. The molecule has 134 valence electrons. The van der Waals surface area contributed by atoms with Gasteiger partial charge in [0.05, 0.1) is 13.2 Å². The Morgan fingerprint density at radius 2 is 1.92 bits per heavy atom. The van der Waals surface area contributed by atoms with Gasteiger partial charge in [0.25, 0.3) is 0 Å². The lowest BCUT2D eigenvalue weighted by molar-refractivity contribution is 0.288. The van der Waals surface area contributed by atoms with E-state index in [2.05, 4.69) is 34.3 Å². The fraction of sp³-hybridized carbons (Fsp3) is 0.368. The molecule has 0 radical (unpaired) electrons. The third-order valence-electron chi connectivity index (χ3n) is 4.03. The molecular weight excluding hydrogens is 427 g/mol. The van der Waals surface area contributed by atoms with Crippen molar-refractivity contribution in [2.45, 2.75) is 32.7 Å². The number of halogens is 1. The standard InChI is InChI=1S/C19H24N4O.HI/c1-2-14-5-8-17(9-6-14)23-19(20)22-12-16-7-10-18(21-11-16)24-13-15-3-4-15;/h5-11,15H,2-4,12-13H2,1H3,(H3,20,22,23);1H. The van der Waals surface area contributed by atoms with Crippen molar-refractivity contribution in [3.05, 3.63) is 53.7 Å². The van der Waals surface area contributed by atoms with Crippen molar-refractivity contribution in [3.8, 4) is 5.88 Å². The number of aliphatic imine (C=N–C) groups is 1. The van der Waals surface area contributed by atoms with Gasteiger partial charge in [0.1, 0.15) is 0 Å². The second-order valence-corrected chi connectivity index (χ2v) is 6.14. The number of benzene rings is 1. The van der Waals surface area contributed by atoms with E-state index in [0.717, 1.165) is 30.2 Å². The predicted molar refractivity (Wildman–Crippen MR) is 113 cm³/mol. The molecule has 2 aromatic rings. The number of aryl methyl sites for hydroxylation is 1. The SMILES string of the molecule is CCc1ccc(NC(N)=NCc2ccc(OCC3CC3)nc2)cc1.I. The maximum absolute atomic E-state index is 5.94. The van der Waals surface area contributed by atoms with E-state index in [-0.39, 0.29) is 24.0 Å². The van der Waals surface area contributed by atoms with Crippen LogP contribution in [0.5, 0.6) is 5.88 Å². The van der Waals surface area contributed by atoms with Crippen LogP contribution in [0.1, 0.15) is 30.9 Å². The van der Waals surface area contributed by atoms with E-state index in [1.807, 2.05) is 24.3 Å². The van der Waals surface area contributed by atoms with Crippen LogP contribution in [0.2, 0.25) is 0 Å². The topological polar surface area (TPSA) is 72.5 Å². The molecule has 1 saturated carbocycles. The number of nitrogens with one attached hydrogen (secondary N) is 1. The molecule has 1 aromatic carbocycles. The van der Waals surface area contributed by atoms with Gasteiger partial charge in [-0.1, -0.05) is 25.1 Å². The van der Waals surface area contributed by atoms with Crippen LogP contribution in [-0.2, 0) is 13.0 Å². The van der Waals surface area contributed by atoms with Gasteiger partial charge in [0.2, 0.25) is 5.88 Å². The van der Waals surface area contributed by atoms with Crippen LogP contribution in [0, 0.1) is 5.92 Å². The van der Waals surface area contributed by atoms with Crippen molar-refractivity contribution in [3.63, 3.8) is 0 Å². The van der Waals surface area contributed by atoms with Crippen LogP contribution in [0.15, 0.2) is 47.6 Å². The maximum Gasteiger partial charge on any atom is 0.213 e. The van der Waals surface area contributed by atoms with Crippen LogP contribution in [-0.4, -0.2) is 17.6 Å². The summed E-state index contributed by atoms with van der Waals surface area (Å²) in [7, 11) is 0. The van der Waals surface area contributed by atoms with Gasteiger partial charge < -0.3 is 15.8 Å². The molecule has 25 heavy (non-hydrogen) atoms. The zero-order valence-electron chi connectivity index (χ0n) is 14.4. The zero-order valence-corrected chi connectivity index (χ0v) is 16.8. The number of aromatic nitrogens is 1. The van der Waals surface area contributed by atoms with E-state index in [4.69, 9.17) is 10.5 Å². The number of nitrogens with two attached hydrogens (primary N) is 1. The molecule has 3 N–H and O–H groups in total. The van der Waals surface area contributed by atoms with Crippen molar-refractivity contribution in [2.75, 3.05) is 11.9 Å². The first-order chi connectivity index (χ1) is 11.7. The quantitative estimate of drug-likeness (QED) is 0.379. The lowest BCUT2D eigenvalue weighted by atomic mass is 10.1. The first-order valence-electron chi connectivity index (χ1n) is 8.46. The highest BCUT2D eigenvalue weighted by Crippen LogP contribution is 2.29. The van der Waals surface area contributed by atoms with Crippen molar-refractivity contribution in [1.29, 1.82) is 0 Å². The molecule has 0 saturated heterocycles. The van der Waals surface area contributed by atoms with E-state index in [1.165, 1.54) is 18.4 Å². The number of pyridine rings is 1. The van der Waals surface area contributed by atoms with Crippen LogP contribution in [0.4, 0.5) is 5.69 Å². The van der Waals surface area contributed by atoms with Crippen molar-refractivity contribution < 1.29 is 4.74 Å². The smallest absolute Gasteiger partial charge is 0.213 e. The molecule has 1 heterocycles. The van der Waals surface area contributed by atoms with E-state index in [0.29, 0.717) is 18.4 Å². The van der Waals surface area contributed by atoms with Gasteiger partial charge in [-0.3, -0.25) is 0 Å². The number of guanidine groups is 1. The first-order valence-corrected chi connectivity index (χ1v) is 8.46. The van der Waals surface area contributed by atoms with Crippen LogP contribution < -0.4 is 15.8 Å². The molecule has 1 aliphatic carbocycles. The van der Waals surface area contributed by atoms with Gasteiger partial charge in [-0.2, -0.15) is 0 Å². The zero-order chi connectivity index (χ0) is 16.8. The first kappa shape index (κ1) is 19.5. The summed E-state index contributed by atoms with van der Waals surface area (Å²) in [6, 6.07) is 12.0. The lowest BCUT2D eigenvalue weighted by Crippen LogP contribution is -2.22. The number of rotatable bonds is 7. The fourth-order valence-corrected chi connectivity index (χ4v) is 2.27. The molecule has 5 nitrogen and oxygen atoms in total. The summed E-state index contributed by atoms with van der Waals surface area (Å²) in [5, 5.41) is 3.10. The monoisotopic (exact) mass is 452 g/mol. The summed E-state index contributed by atoms with van der Waals surface area (Å²) in [4.78, 5) is 8.66. The number of anilines is 1. The van der Waals surface area contributed by atoms with E-state index in [9.17, 15) is 0 Å². The molecular formula is C19H25IN4O. The molecule has 3 rings (SSSR count). The third-order valence-corrected chi connectivity index (χ3v) is 4.03. The van der Waals surface area contributed by atoms with Crippen LogP contribution in [0.25, 0.3) is 0 Å². The summed E-state index contributed by atoms with van der Waals surface area (Å²) >= 11 is 0. The minimum absolute atomic E-state index is 0. The van der Waals surface area contributed by atoms with Crippen LogP contribution >= 0.6 is 24.0 Å². The number of nitrogens with zero attached hydrogens (tertiary/aromatic N) is 2. The van der Waals surface area contributed by atoms with E-state index >= 15 is 0 Å². The highest BCUT2D eigenvalue weighted by atomic mass is 127. The van der Waals surface area contributed by atoms with Gasteiger partial charge in [-0.25, -0.2) is 9.98 Å². The Balaban J connectivity index is 0.00000225. The summed E-state index contributed by atoms with van der Waals surface area (Å²) in [6.45, 7) is 3.40. The molecule has 0 atom stereocenters. The lowest BCUT2D eigenvalue weighted by Gasteiger charge is -2.07. The second-order valence-electron chi connectivity index (χ2n) is 6.14. The van der Waals surface area contributed by atoms with Gasteiger partial charge >= 0.3 is 0 Å². The molecule has 0 unspecified atom stereocenters. The van der Waals surface area contributed by atoms with Gasteiger partial charge in [0, 0.05) is 18.0 Å². The third kappa shape index (κ3) is 6.53. The molecule has 0 aliphatic heterocycles. The van der Waals surface area contributed by atoms with Gasteiger partial charge in [0.15, 0.2) is 5.96 Å². The highest BCUT2D eigenvalue weighted by molar-refractivity contribution is 14.0. The summed E-state index contributed by atoms with van der Waals surface area (Å²) < 4.78 is 5.62. The fourth-order valence-electron chi connectivity index (χ4n) is 2.27. The minimum Gasteiger partial charge on any atom is -0.477 e. The predicted octanol–water partition coefficient (Wildman–Crippen LogP) is 3.98. The molecule has 0 spiro atoms. The Bertz CT molecular complexity index is 682. The average Bonchev–Trinajstić information content (AvgIpc) is 3.44. The molecule has 6 heteroatoms. The molecule has 0 bridgehead atoms. The molecule has 1 aromatic heterocycles. The van der Waals surface area contributed by atoms with E-state index in [1.54, 1.807) is 6.20 Å². The number of hydrogen-bond acceptors (Lipinski definition) is 3. The van der Waals surface area contributed by atoms with Gasteiger partial charge in [-0.15, -0.1) is 24.0 Å². The summed E-state index contributed by atoms with van der Waals surface area (Å²) in [6.07, 6.45) is 5.37. The Hall–Kier alpha value is -1.83. The normalized spacial score (nSPS) is 13.9. The summed E-state index contributed by atoms with van der Waals surface area (Å²) in [5.74, 6) is 1.80. The average molecular weight is 452 g/mol. The van der Waals surface area contributed by atoms with Crippen molar-refractivity contribution in [2.24, 2.45) is 16.6 Å². The highest BCUT2D eigenvalue weighted by Gasteiger charge is 2.21. The van der Waals surface area contributed by atoms with Crippen LogP contribution in [0.3, 0.4) is 0 Å². The summed E-state index contributed by atoms with van der Waals surface area (Å²) in [5.41, 5.74) is 9.17. The Morgan fingerprint density at radius 3 is 2.52 bits per heavy atom. The van der Waals surface area contributed by atoms with Crippen molar-refractivity contribution >= 4 is 35.6 Å². The number of ether oxygens (including phenoxy) is 1. The molecule has 1 fully saturated rings. The molecule has 1 aliphatic rings. The molecule has 0 amide bonds. The maximum atomic E-state index is 5.94. The van der Waals surface area contributed by atoms with E-state index < -0.39 is 0 Å². The Morgan fingerprint density at radius 1 is 1.20 bits per heavy atom. The minimum atomic E-state index is 0.